The number of hydrogen-bond acceptors (Lipinski definition) is 3. The number of primary amides is 1. The maximum Gasteiger partial charge on any atom is 0.272 e. The van der Waals surface area contributed by atoms with Crippen LogP contribution in [0, 0.1) is 5.41 Å². The van der Waals surface area contributed by atoms with Gasteiger partial charge in [-0.25, -0.2) is 0 Å². The molecule has 2 fully saturated rings. The van der Waals surface area contributed by atoms with Gasteiger partial charge in [0.25, 0.3) is 5.91 Å². The Bertz CT molecular complexity index is 552. The lowest BCUT2D eigenvalue weighted by atomic mass is 9.68. The molecular formula is C17H23N3O2. The van der Waals surface area contributed by atoms with Crippen molar-refractivity contribution < 1.29 is 9.59 Å². The minimum atomic E-state index is -0.524. The zero-order chi connectivity index (χ0) is 15.6. The van der Waals surface area contributed by atoms with Crippen LogP contribution in [0.3, 0.4) is 0 Å². The molecular weight excluding hydrogens is 278 g/mol. The minimum Gasteiger partial charge on any atom is -0.366 e. The van der Waals surface area contributed by atoms with Crippen LogP contribution in [0.15, 0.2) is 18.3 Å². The topological polar surface area (TPSA) is 76.3 Å². The standard InChI is InChI=1S/C17H23N3O2/c18-15(21)13-4-5-14(19-12-13)16(22)20-10-8-17(9-11-20)6-2-1-3-7-17/h4-5,12H,1-3,6-11H2,(H2,18,21). The van der Waals surface area contributed by atoms with E-state index in [1.165, 1.54) is 38.3 Å². The van der Waals surface area contributed by atoms with Crippen molar-refractivity contribution in [1.82, 2.24) is 9.88 Å². The van der Waals surface area contributed by atoms with Crippen LogP contribution in [0.5, 0.6) is 0 Å². The number of piperidine rings is 1. The molecule has 2 heterocycles. The maximum atomic E-state index is 12.5. The molecule has 0 radical (unpaired) electrons. The summed E-state index contributed by atoms with van der Waals surface area (Å²) in [7, 11) is 0. The molecule has 5 heteroatoms. The van der Waals surface area contributed by atoms with E-state index in [2.05, 4.69) is 4.98 Å². The number of hydrogen-bond donors (Lipinski definition) is 1. The molecule has 0 aromatic carbocycles. The van der Waals surface area contributed by atoms with Crippen molar-refractivity contribution in [1.29, 1.82) is 0 Å². The Morgan fingerprint density at radius 1 is 1.05 bits per heavy atom. The van der Waals surface area contributed by atoms with Crippen LogP contribution in [0.1, 0.15) is 65.8 Å². The van der Waals surface area contributed by atoms with Gasteiger partial charge in [-0.1, -0.05) is 19.3 Å². The van der Waals surface area contributed by atoms with Gasteiger partial charge in [0.2, 0.25) is 5.91 Å². The summed E-state index contributed by atoms with van der Waals surface area (Å²) >= 11 is 0. The average Bonchev–Trinajstić information content (AvgIpc) is 2.56. The number of rotatable bonds is 2. The number of pyridine rings is 1. The van der Waals surface area contributed by atoms with E-state index in [1.54, 1.807) is 12.1 Å². The van der Waals surface area contributed by atoms with Crippen molar-refractivity contribution in [3.05, 3.63) is 29.6 Å². The van der Waals surface area contributed by atoms with Gasteiger partial charge in [0.05, 0.1) is 5.56 Å². The van der Waals surface area contributed by atoms with Crippen molar-refractivity contribution in [2.75, 3.05) is 13.1 Å². The molecule has 5 nitrogen and oxygen atoms in total. The third-order valence-electron chi connectivity index (χ3n) is 5.29. The van der Waals surface area contributed by atoms with Gasteiger partial charge in [-0.3, -0.25) is 14.6 Å². The molecule has 118 valence electrons. The zero-order valence-corrected chi connectivity index (χ0v) is 12.9. The quantitative estimate of drug-likeness (QED) is 0.911. The first kappa shape index (κ1) is 15.0. The molecule has 3 rings (SSSR count). The van der Waals surface area contributed by atoms with Crippen LogP contribution in [-0.2, 0) is 0 Å². The predicted molar refractivity (Wildman–Crippen MR) is 83.4 cm³/mol. The van der Waals surface area contributed by atoms with Crippen LogP contribution >= 0.6 is 0 Å². The molecule has 1 aliphatic heterocycles. The lowest BCUT2D eigenvalue weighted by Gasteiger charge is -2.44. The second-order valence-electron chi connectivity index (χ2n) is 6.65. The summed E-state index contributed by atoms with van der Waals surface area (Å²) in [6.45, 7) is 1.64. The lowest BCUT2D eigenvalue weighted by molar-refractivity contribution is 0.0467. The number of carbonyl (C=O) groups excluding carboxylic acids is 2. The Hall–Kier alpha value is -1.91. The Labute approximate surface area is 130 Å². The molecule has 2 amide bonds. The molecule has 1 aliphatic carbocycles. The van der Waals surface area contributed by atoms with Crippen LogP contribution in [0.25, 0.3) is 0 Å². The van der Waals surface area contributed by atoms with Crippen LogP contribution < -0.4 is 5.73 Å². The van der Waals surface area contributed by atoms with Crippen molar-refractivity contribution in [2.45, 2.75) is 44.9 Å². The Balaban J connectivity index is 1.63. The summed E-state index contributed by atoms with van der Waals surface area (Å²) in [5, 5.41) is 0. The van der Waals surface area contributed by atoms with Gasteiger partial charge < -0.3 is 10.6 Å². The van der Waals surface area contributed by atoms with E-state index in [0.717, 1.165) is 25.9 Å². The van der Waals surface area contributed by atoms with E-state index in [-0.39, 0.29) is 5.91 Å². The number of nitrogens with zero attached hydrogens (tertiary/aromatic N) is 2. The molecule has 0 unspecified atom stereocenters. The van der Waals surface area contributed by atoms with Gasteiger partial charge in [-0.15, -0.1) is 0 Å². The molecule has 22 heavy (non-hydrogen) atoms. The zero-order valence-electron chi connectivity index (χ0n) is 12.9. The fourth-order valence-electron chi connectivity index (χ4n) is 3.81. The fraction of sp³-hybridized carbons (Fsp3) is 0.588. The summed E-state index contributed by atoms with van der Waals surface area (Å²) in [5.74, 6) is -0.564. The first-order chi connectivity index (χ1) is 10.6. The maximum absolute atomic E-state index is 12.5. The SMILES string of the molecule is NC(=O)c1ccc(C(=O)N2CCC3(CCCCC3)CC2)nc1. The van der Waals surface area contributed by atoms with Gasteiger partial charge in [0.1, 0.15) is 5.69 Å². The third kappa shape index (κ3) is 2.98. The highest BCUT2D eigenvalue weighted by molar-refractivity contribution is 5.95. The van der Waals surface area contributed by atoms with Gasteiger partial charge >= 0.3 is 0 Å². The second kappa shape index (κ2) is 6.07. The third-order valence-corrected chi connectivity index (χ3v) is 5.29. The molecule has 1 spiro atoms. The molecule has 1 aromatic rings. The van der Waals surface area contributed by atoms with Gasteiger partial charge in [-0.05, 0) is 43.2 Å². The molecule has 1 aromatic heterocycles. The predicted octanol–water partition coefficient (Wildman–Crippen LogP) is 2.37. The number of carbonyl (C=O) groups is 2. The summed E-state index contributed by atoms with van der Waals surface area (Å²) < 4.78 is 0. The van der Waals surface area contributed by atoms with Crippen LogP contribution in [0.4, 0.5) is 0 Å². The largest absolute Gasteiger partial charge is 0.366 e. The smallest absolute Gasteiger partial charge is 0.272 e. The summed E-state index contributed by atoms with van der Waals surface area (Å²) in [5.41, 5.74) is 6.40. The van der Waals surface area contributed by atoms with E-state index in [4.69, 9.17) is 5.73 Å². The van der Waals surface area contributed by atoms with Crippen molar-refractivity contribution in [2.24, 2.45) is 11.1 Å². The van der Waals surface area contributed by atoms with Crippen molar-refractivity contribution >= 4 is 11.8 Å². The van der Waals surface area contributed by atoms with Crippen LogP contribution in [-0.4, -0.2) is 34.8 Å². The number of aromatic nitrogens is 1. The highest BCUT2D eigenvalue weighted by Crippen LogP contribution is 2.44. The molecule has 0 bridgehead atoms. The lowest BCUT2D eigenvalue weighted by Crippen LogP contribution is -2.44. The summed E-state index contributed by atoms with van der Waals surface area (Å²) in [6, 6.07) is 3.16. The van der Waals surface area contributed by atoms with Gasteiger partial charge in [0.15, 0.2) is 0 Å². The normalized spacial score (nSPS) is 20.8. The van der Waals surface area contributed by atoms with E-state index in [0.29, 0.717) is 16.7 Å². The van der Waals surface area contributed by atoms with E-state index >= 15 is 0 Å². The van der Waals surface area contributed by atoms with Gasteiger partial charge in [-0.2, -0.15) is 0 Å². The highest BCUT2D eigenvalue weighted by Gasteiger charge is 2.36. The molecule has 0 atom stereocenters. The monoisotopic (exact) mass is 301 g/mol. The number of nitrogens with two attached hydrogens (primary N) is 1. The Kier molecular flexibility index (Phi) is 4.14. The van der Waals surface area contributed by atoms with Crippen molar-refractivity contribution in [3.63, 3.8) is 0 Å². The Morgan fingerprint density at radius 3 is 2.27 bits per heavy atom. The summed E-state index contributed by atoms with van der Waals surface area (Å²) in [6.07, 6.45) is 10.3. The summed E-state index contributed by atoms with van der Waals surface area (Å²) in [4.78, 5) is 29.5. The number of likely N-dealkylation sites (tertiary alicyclic amines) is 1. The second-order valence-corrected chi connectivity index (χ2v) is 6.65. The molecule has 1 saturated heterocycles. The van der Waals surface area contributed by atoms with E-state index in [9.17, 15) is 9.59 Å². The molecule has 2 N–H and O–H groups in total. The number of amides is 2. The Morgan fingerprint density at radius 2 is 1.73 bits per heavy atom. The minimum absolute atomic E-state index is 0.0401. The first-order valence-corrected chi connectivity index (χ1v) is 8.15. The fourth-order valence-corrected chi connectivity index (χ4v) is 3.81. The van der Waals surface area contributed by atoms with Crippen molar-refractivity contribution in [3.8, 4) is 0 Å². The van der Waals surface area contributed by atoms with Crippen LogP contribution in [0.2, 0.25) is 0 Å². The molecule has 2 aliphatic rings. The highest BCUT2D eigenvalue weighted by atomic mass is 16.2. The molecule has 1 saturated carbocycles. The average molecular weight is 301 g/mol. The van der Waals surface area contributed by atoms with E-state index in [1.807, 2.05) is 4.90 Å². The van der Waals surface area contributed by atoms with Gasteiger partial charge in [0, 0.05) is 19.3 Å². The van der Waals surface area contributed by atoms with E-state index < -0.39 is 5.91 Å². The first-order valence-electron chi connectivity index (χ1n) is 8.15.